The normalized spacial score (nSPS) is 27.2. The average molecular weight is 336 g/mol. The van der Waals surface area contributed by atoms with E-state index in [1.807, 2.05) is 6.26 Å². The van der Waals surface area contributed by atoms with Gasteiger partial charge in [-0.15, -0.1) is 0 Å². The van der Waals surface area contributed by atoms with Gasteiger partial charge in [0, 0.05) is 63.5 Å². The van der Waals surface area contributed by atoms with Crippen LogP contribution >= 0.6 is 11.8 Å². The number of amides is 1. The Morgan fingerprint density at radius 2 is 2.04 bits per heavy atom. The maximum atomic E-state index is 11.9. The fourth-order valence-electron chi connectivity index (χ4n) is 3.62. The molecule has 2 fully saturated rings. The predicted molar refractivity (Wildman–Crippen MR) is 84.9 cm³/mol. The Morgan fingerprint density at radius 3 is 2.57 bits per heavy atom. The average Bonchev–Trinajstić information content (AvgIpc) is 3.03. The molecule has 1 amide bonds. The van der Waals surface area contributed by atoms with Gasteiger partial charge in [0.25, 0.3) is 0 Å². The van der Waals surface area contributed by atoms with Crippen molar-refractivity contribution < 1.29 is 14.7 Å². The smallest absolute Gasteiger partial charge is 0.313 e. The van der Waals surface area contributed by atoms with Crippen LogP contribution in [0.25, 0.3) is 0 Å². The summed E-state index contributed by atoms with van der Waals surface area (Å²) in [6.07, 6.45) is 5.51. The molecule has 7 nitrogen and oxygen atoms in total. The van der Waals surface area contributed by atoms with E-state index in [1.165, 1.54) is 18.7 Å². The fourth-order valence-corrected chi connectivity index (χ4v) is 3.94. The quantitative estimate of drug-likeness (QED) is 0.635. The second-order valence-corrected chi connectivity index (χ2v) is 7.08. The summed E-state index contributed by atoms with van der Waals surface area (Å²) in [6.45, 7) is 4.11. The second kappa shape index (κ2) is 6.09. The molecule has 1 aromatic heterocycles. The zero-order valence-electron chi connectivity index (χ0n) is 13.2. The lowest BCUT2D eigenvalue weighted by Crippen LogP contribution is -2.41. The molecule has 2 saturated heterocycles. The van der Waals surface area contributed by atoms with Crippen LogP contribution in [0.4, 0.5) is 0 Å². The van der Waals surface area contributed by atoms with Crippen LogP contribution < -0.4 is 0 Å². The number of carbonyl (C=O) groups is 2. The number of aliphatic carboxylic acids is 1. The van der Waals surface area contributed by atoms with Crippen LogP contribution in [0.3, 0.4) is 0 Å². The van der Waals surface area contributed by atoms with Gasteiger partial charge < -0.3 is 10.0 Å². The molecule has 124 valence electrons. The predicted octanol–water partition coefficient (Wildman–Crippen LogP) is 0.563. The largest absolute Gasteiger partial charge is 0.481 e. The molecule has 1 aromatic rings. The highest BCUT2D eigenvalue weighted by Gasteiger charge is 2.58. The molecule has 2 aliphatic rings. The minimum atomic E-state index is -0.842. The van der Waals surface area contributed by atoms with Crippen molar-refractivity contribution in [1.82, 2.24) is 19.8 Å². The van der Waals surface area contributed by atoms with E-state index in [0.717, 1.165) is 10.7 Å². The summed E-state index contributed by atoms with van der Waals surface area (Å²) < 4.78 is 0. The number of likely N-dealkylation sites (tertiary alicyclic amines) is 2. The molecule has 2 atom stereocenters. The van der Waals surface area contributed by atoms with E-state index >= 15 is 0 Å². The third-order valence-electron chi connectivity index (χ3n) is 4.82. The Bertz CT molecular complexity index is 624. The maximum Gasteiger partial charge on any atom is 0.313 e. The van der Waals surface area contributed by atoms with Crippen LogP contribution in [0.5, 0.6) is 0 Å². The van der Waals surface area contributed by atoms with Crippen LogP contribution in [0.1, 0.15) is 12.5 Å². The molecule has 3 heterocycles. The molecule has 0 saturated carbocycles. The first-order valence-electron chi connectivity index (χ1n) is 7.51. The molecule has 0 bridgehead atoms. The van der Waals surface area contributed by atoms with Gasteiger partial charge in [-0.05, 0) is 6.26 Å². The summed E-state index contributed by atoms with van der Waals surface area (Å²) in [5.74, 6) is -0.870. The standard InChI is InChI=1S/C15H20N4O3S/c1-10(20)19-7-12-6-18(8-15(12,9-19)13(21)22)5-11-3-16-14(23-2)17-4-11/h3-4,12H,5-9H2,1-2H3,(H,21,22). The van der Waals surface area contributed by atoms with Crippen molar-refractivity contribution in [2.75, 3.05) is 32.4 Å². The van der Waals surface area contributed by atoms with E-state index in [2.05, 4.69) is 14.9 Å². The first kappa shape index (κ1) is 16.2. The Kier molecular flexibility index (Phi) is 4.29. The zero-order chi connectivity index (χ0) is 16.6. The number of aromatic nitrogens is 2. The van der Waals surface area contributed by atoms with Gasteiger partial charge in [-0.25, -0.2) is 9.97 Å². The number of carboxylic acid groups (broad SMARTS) is 1. The van der Waals surface area contributed by atoms with Crippen LogP contribution in [-0.2, 0) is 16.1 Å². The van der Waals surface area contributed by atoms with E-state index in [1.54, 1.807) is 17.3 Å². The van der Waals surface area contributed by atoms with Crippen LogP contribution in [0.15, 0.2) is 17.6 Å². The van der Waals surface area contributed by atoms with Crippen LogP contribution in [0.2, 0.25) is 0 Å². The number of thioether (sulfide) groups is 1. The summed E-state index contributed by atoms with van der Waals surface area (Å²) in [5, 5.41) is 10.5. The van der Waals surface area contributed by atoms with E-state index in [9.17, 15) is 14.7 Å². The minimum Gasteiger partial charge on any atom is -0.481 e. The first-order valence-corrected chi connectivity index (χ1v) is 8.73. The number of rotatable bonds is 4. The summed E-state index contributed by atoms with van der Waals surface area (Å²) in [5.41, 5.74) is 0.137. The Labute approximate surface area is 139 Å². The molecule has 0 aromatic carbocycles. The van der Waals surface area contributed by atoms with Gasteiger partial charge in [0.05, 0.1) is 0 Å². The van der Waals surface area contributed by atoms with Gasteiger partial charge in [0.2, 0.25) is 5.91 Å². The van der Waals surface area contributed by atoms with Gasteiger partial charge in [-0.1, -0.05) is 11.8 Å². The van der Waals surface area contributed by atoms with Crippen molar-refractivity contribution in [2.45, 2.75) is 18.6 Å². The summed E-state index contributed by atoms with van der Waals surface area (Å²) >= 11 is 1.49. The van der Waals surface area contributed by atoms with E-state index in [0.29, 0.717) is 32.7 Å². The van der Waals surface area contributed by atoms with Crippen molar-refractivity contribution in [3.05, 3.63) is 18.0 Å². The number of hydrogen-bond donors (Lipinski definition) is 1. The minimum absolute atomic E-state index is 0.0183. The number of fused-ring (bicyclic) bond motifs is 1. The van der Waals surface area contributed by atoms with E-state index in [-0.39, 0.29) is 11.8 Å². The Hall–Kier alpha value is -1.67. The third-order valence-corrected chi connectivity index (χ3v) is 5.40. The Balaban J connectivity index is 1.71. The van der Waals surface area contributed by atoms with Crippen molar-refractivity contribution in [3.63, 3.8) is 0 Å². The van der Waals surface area contributed by atoms with Crippen LogP contribution in [-0.4, -0.2) is 69.2 Å². The number of hydrogen-bond acceptors (Lipinski definition) is 6. The van der Waals surface area contributed by atoms with Gasteiger partial charge in [-0.2, -0.15) is 0 Å². The molecular formula is C15H20N4O3S. The molecule has 0 radical (unpaired) electrons. The highest BCUT2D eigenvalue weighted by molar-refractivity contribution is 7.98. The van der Waals surface area contributed by atoms with Crippen molar-refractivity contribution in [2.24, 2.45) is 11.3 Å². The molecule has 3 rings (SSSR count). The highest BCUT2D eigenvalue weighted by Crippen LogP contribution is 2.43. The lowest BCUT2D eigenvalue weighted by molar-refractivity contribution is -0.149. The molecule has 2 aliphatic heterocycles. The third kappa shape index (κ3) is 2.92. The lowest BCUT2D eigenvalue weighted by atomic mass is 9.81. The van der Waals surface area contributed by atoms with Gasteiger partial charge >= 0.3 is 5.97 Å². The Morgan fingerprint density at radius 1 is 1.35 bits per heavy atom. The van der Waals surface area contributed by atoms with Gasteiger partial charge in [0.1, 0.15) is 5.41 Å². The van der Waals surface area contributed by atoms with Crippen molar-refractivity contribution >= 4 is 23.6 Å². The zero-order valence-corrected chi connectivity index (χ0v) is 14.0. The second-order valence-electron chi connectivity index (χ2n) is 6.31. The molecule has 8 heteroatoms. The van der Waals surface area contributed by atoms with Gasteiger partial charge in [0.15, 0.2) is 5.16 Å². The number of nitrogens with zero attached hydrogens (tertiary/aromatic N) is 4. The molecule has 0 spiro atoms. The molecular weight excluding hydrogens is 316 g/mol. The SMILES string of the molecule is CSc1ncc(CN2CC3CN(C(C)=O)CC3(C(=O)O)C2)cn1. The van der Waals surface area contributed by atoms with Gasteiger partial charge in [-0.3, -0.25) is 14.5 Å². The number of carbonyl (C=O) groups excluding carboxylic acids is 1. The maximum absolute atomic E-state index is 11.9. The molecule has 1 N–H and O–H groups in total. The molecule has 23 heavy (non-hydrogen) atoms. The van der Waals surface area contributed by atoms with E-state index in [4.69, 9.17) is 0 Å². The monoisotopic (exact) mass is 336 g/mol. The summed E-state index contributed by atoms with van der Waals surface area (Å²) in [6, 6.07) is 0. The van der Waals surface area contributed by atoms with Crippen molar-refractivity contribution in [1.29, 1.82) is 0 Å². The summed E-state index contributed by atoms with van der Waals surface area (Å²) in [7, 11) is 0. The summed E-state index contributed by atoms with van der Waals surface area (Å²) in [4.78, 5) is 35.7. The number of carboxylic acids is 1. The molecule has 0 aliphatic carbocycles. The van der Waals surface area contributed by atoms with Crippen molar-refractivity contribution in [3.8, 4) is 0 Å². The van der Waals surface area contributed by atoms with E-state index < -0.39 is 11.4 Å². The molecule has 2 unspecified atom stereocenters. The van der Waals surface area contributed by atoms with Crippen LogP contribution in [0, 0.1) is 11.3 Å². The first-order chi connectivity index (χ1) is 10.9. The highest BCUT2D eigenvalue weighted by atomic mass is 32.2. The fraction of sp³-hybridized carbons (Fsp3) is 0.600. The lowest BCUT2D eigenvalue weighted by Gasteiger charge is -2.25. The topological polar surface area (TPSA) is 86.6 Å².